The highest BCUT2D eigenvalue weighted by molar-refractivity contribution is 6.13. The van der Waals surface area contributed by atoms with Crippen molar-refractivity contribution < 1.29 is 14.6 Å². The van der Waals surface area contributed by atoms with Gasteiger partial charge in [0.1, 0.15) is 11.4 Å². The molecule has 0 fully saturated rings. The van der Waals surface area contributed by atoms with Crippen molar-refractivity contribution in [2.24, 2.45) is 0 Å². The predicted octanol–water partition coefficient (Wildman–Crippen LogP) is 4.35. The lowest BCUT2D eigenvalue weighted by Gasteiger charge is -2.20. The van der Waals surface area contributed by atoms with Crippen LogP contribution in [0.1, 0.15) is 20.8 Å². The molecule has 3 aromatic rings. The van der Waals surface area contributed by atoms with Crippen molar-refractivity contribution >= 4 is 33.6 Å². The number of aromatic hydroxyl groups is 1. The van der Waals surface area contributed by atoms with E-state index in [4.69, 9.17) is 4.74 Å². The van der Waals surface area contributed by atoms with Gasteiger partial charge >= 0.3 is 6.09 Å². The maximum atomic E-state index is 12.8. The Kier molecular flexibility index (Phi) is 3.67. The number of rotatable bonds is 1. The van der Waals surface area contributed by atoms with E-state index in [-0.39, 0.29) is 5.75 Å². The molecule has 0 aliphatic heterocycles. The second kappa shape index (κ2) is 5.44. The van der Waals surface area contributed by atoms with Gasteiger partial charge in [-0.25, -0.2) is 9.36 Å². The number of phenolic OH excluding ortho intramolecular Hbond substituents is 1. The summed E-state index contributed by atoms with van der Waals surface area (Å²) in [6.45, 7) is 5.50. The second-order valence-corrected chi connectivity index (χ2v) is 7.11. The van der Waals surface area contributed by atoms with Crippen LogP contribution in [-0.2, 0) is 4.74 Å². The fourth-order valence-electron chi connectivity index (χ4n) is 2.78. The number of phenols is 1. The zero-order valence-corrected chi connectivity index (χ0v) is 14.6. The Morgan fingerprint density at radius 3 is 2.21 bits per heavy atom. The monoisotopic (exact) mass is 326 g/mol. The van der Waals surface area contributed by atoms with E-state index in [2.05, 4.69) is 0 Å². The molecule has 24 heavy (non-hydrogen) atoms. The van der Waals surface area contributed by atoms with Crippen LogP contribution in [-0.4, -0.2) is 35.5 Å². The van der Waals surface area contributed by atoms with Crippen LogP contribution in [0.25, 0.3) is 21.8 Å². The normalized spacial score (nSPS) is 11.9. The van der Waals surface area contributed by atoms with E-state index in [9.17, 15) is 9.90 Å². The quantitative estimate of drug-likeness (QED) is 0.722. The Balaban J connectivity index is 2.34. The molecular formula is C19H22N2O3. The van der Waals surface area contributed by atoms with Crippen molar-refractivity contribution in [1.82, 2.24) is 4.57 Å². The number of benzene rings is 2. The Hall–Kier alpha value is -2.69. The summed E-state index contributed by atoms with van der Waals surface area (Å²) in [5.41, 5.74) is 1.78. The molecule has 0 radical (unpaired) electrons. The Morgan fingerprint density at radius 1 is 1.04 bits per heavy atom. The molecule has 2 aromatic carbocycles. The van der Waals surface area contributed by atoms with Crippen LogP contribution in [0.15, 0.2) is 36.4 Å². The molecule has 3 rings (SSSR count). The van der Waals surface area contributed by atoms with Crippen LogP contribution in [0.5, 0.6) is 5.75 Å². The summed E-state index contributed by atoms with van der Waals surface area (Å²) in [4.78, 5) is 14.8. The lowest BCUT2D eigenvalue weighted by molar-refractivity contribution is 0.0551. The molecule has 126 valence electrons. The van der Waals surface area contributed by atoms with Gasteiger partial charge in [-0.15, -0.1) is 0 Å². The fraction of sp³-hybridized carbons (Fsp3) is 0.316. The SMILES string of the molecule is CN(C)c1ccc2c3ccc(O)cc3n(C(=O)OC(C)(C)C)c2c1. The first kappa shape index (κ1) is 16.2. The lowest BCUT2D eigenvalue weighted by Crippen LogP contribution is -2.27. The zero-order chi connectivity index (χ0) is 17.6. The molecule has 0 aliphatic rings. The van der Waals surface area contributed by atoms with Gasteiger partial charge in [-0.1, -0.05) is 6.07 Å². The summed E-state index contributed by atoms with van der Waals surface area (Å²) >= 11 is 0. The van der Waals surface area contributed by atoms with E-state index in [0.717, 1.165) is 22.0 Å². The van der Waals surface area contributed by atoms with Gasteiger partial charge in [0.05, 0.1) is 11.0 Å². The summed E-state index contributed by atoms with van der Waals surface area (Å²) in [5, 5.41) is 11.7. The van der Waals surface area contributed by atoms with Crippen LogP contribution < -0.4 is 4.90 Å². The summed E-state index contributed by atoms with van der Waals surface area (Å²) in [5.74, 6) is 0.114. The third kappa shape index (κ3) is 2.77. The van der Waals surface area contributed by atoms with Crippen LogP contribution in [0.4, 0.5) is 10.5 Å². The average molecular weight is 326 g/mol. The summed E-state index contributed by atoms with van der Waals surface area (Å²) < 4.78 is 7.10. The van der Waals surface area contributed by atoms with Gasteiger partial charge in [0, 0.05) is 36.6 Å². The molecule has 5 nitrogen and oxygen atoms in total. The van der Waals surface area contributed by atoms with E-state index in [1.54, 1.807) is 12.1 Å². The molecule has 0 saturated heterocycles. The molecule has 0 spiro atoms. The molecule has 0 bridgehead atoms. The maximum absolute atomic E-state index is 12.8. The zero-order valence-electron chi connectivity index (χ0n) is 14.6. The average Bonchev–Trinajstić information content (AvgIpc) is 2.77. The summed E-state index contributed by atoms with van der Waals surface area (Å²) in [7, 11) is 3.90. The Labute approximate surface area is 141 Å². The highest BCUT2D eigenvalue weighted by Crippen LogP contribution is 2.34. The van der Waals surface area contributed by atoms with Crippen molar-refractivity contribution in [2.45, 2.75) is 26.4 Å². The first-order chi connectivity index (χ1) is 11.2. The number of carbonyl (C=O) groups is 1. The smallest absolute Gasteiger partial charge is 0.419 e. The third-order valence-electron chi connectivity index (χ3n) is 3.83. The number of fused-ring (bicyclic) bond motifs is 3. The number of nitrogens with zero attached hydrogens (tertiary/aromatic N) is 2. The van der Waals surface area contributed by atoms with Crippen molar-refractivity contribution in [3.63, 3.8) is 0 Å². The highest BCUT2D eigenvalue weighted by atomic mass is 16.6. The molecule has 0 aliphatic carbocycles. The van der Waals surface area contributed by atoms with Gasteiger partial charge in [-0.05, 0) is 45.0 Å². The van der Waals surface area contributed by atoms with Gasteiger partial charge < -0.3 is 14.7 Å². The molecule has 0 atom stereocenters. The largest absolute Gasteiger partial charge is 0.508 e. The Morgan fingerprint density at radius 2 is 1.62 bits per heavy atom. The molecule has 0 amide bonds. The van der Waals surface area contributed by atoms with E-state index in [0.29, 0.717) is 5.52 Å². The number of carbonyl (C=O) groups excluding carboxylic acids is 1. The molecule has 1 N–H and O–H groups in total. The van der Waals surface area contributed by atoms with Crippen LogP contribution in [0, 0.1) is 0 Å². The summed E-state index contributed by atoms with van der Waals surface area (Å²) in [6.07, 6.45) is -0.455. The van der Waals surface area contributed by atoms with E-state index in [1.165, 1.54) is 4.57 Å². The van der Waals surface area contributed by atoms with Crippen LogP contribution in [0.2, 0.25) is 0 Å². The van der Waals surface area contributed by atoms with Crippen molar-refractivity contribution in [3.05, 3.63) is 36.4 Å². The second-order valence-electron chi connectivity index (χ2n) is 7.11. The van der Waals surface area contributed by atoms with Gasteiger partial charge in [0.2, 0.25) is 0 Å². The van der Waals surface area contributed by atoms with Gasteiger partial charge in [-0.2, -0.15) is 0 Å². The minimum absolute atomic E-state index is 0.114. The number of hydrogen-bond donors (Lipinski definition) is 1. The van der Waals surface area contributed by atoms with Gasteiger partial charge in [0.15, 0.2) is 0 Å². The van der Waals surface area contributed by atoms with Crippen molar-refractivity contribution in [3.8, 4) is 5.75 Å². The van der Waals surface area contributed by atoms with Crippen LogP contribution >= 0.6 is 0 Å². The van der Waals surface area contributed by atoms with E-state index in [1.807, 2.05) is 64.0 Å². The molecule has 0 unspecified atom stereocenters. The number of hydrogen-bond acceptors (Lipinski definition) is 4. The maximum Gasteiger partial charge on any atom is 0.419 e. The third-order valence-corrected chi connectivity index (χ3v) is 3.83. The molecular weight excluding hydrogens is 304 g/mol. The van der Waals surface area contributed by atoms with Gasteiger partial charge in [0.25, 0.3) is 0 Å². The number of aromatic nitrogens is 1. The Bertz CT molecular complexity index is 933. The first-order valence-electron chi connectivity index (χ1n) is 7.85. The minimum atomic E-state index is -0.601. The number of anilines is 1. The molecule has 1 aromatic heterocycles. The van der Waals surface area contributed by atoms with Crippen LogP contribution in [0.3, 0.4) is 0 Å². The lowest BCUT2D eigenvalue weighted by atomic mass is 10.1. The van der Waals surface area contributed by atoms with E-state index >= 15 is 0 Å². The minimum Gasteiger partial charge on any atom is -0.508 e. The standard InChI is InChI=1S/C19H22N2O3/c1-19(2,3)24-18(23)21-16-10-12(20(4)5)6-8-14(16)15-9-7-13(22)11-17(15)21/h6-11,22H,1-5H3. The first-order valence-corrected chi connectivity index (χ1v) is 7.85. The number of ether oxygens (including phenoxy) is 1. The van der Waals surface area contributed by atoms with Crippen molar-refractivity contribution in [1.29, 1.82) is 0 Å². The molecule has 5 heteroatoms. The predicted molar refractivity (Wildman–Crippen MR) is 97.1 cm³/mol. The molecule has 0 saturated carbocycles. The summed E-state index contributed by atoms with van der Waals surface area (Å²) in [6, 6.07) is 11.0. The molecule has 1 heterocycles. The van der Waals surface area contributed by atoms with Crippen molar-refractivity contribution in [2.75, 3.05) is 19.0 Å². The fourth-order valence-corrected chi connectivity index (χ4v) is 2.78. The highest BCUT2D eigenvalue weighted by Gasteiger charge is 2.22. The topological polar surface area (TPSA) is 54.7 Å². The van der Waals surface area contributed by atoms with E-state index < -0.39 is 11.7 Å². The van der Waals surface area contributed by atoms with Gasteiger partial charge in [-0.3, -0.25) is 0 Å².